The molecule has 134 valence electrons. The third-order valence-electron chi connectivity index (χ3n) is 5.92. The SMILES string of the molecule is COc1ccc2c(I)c(C(=O)NC3C4CCN(CC4)C3(C)C)sc2c1. The zero-order valence-electron chi connectivity index (χ0n) is 14.8. The van der Waals surface area contributed by atoms with E-state index in [1.54, 1.807) is 18.4 Å². The number of piperidine rings is 3. The van der Waals surface area contributed by atoms with E-state index in [1.807, 2.05) is 18.2 Å². The Labute approximate surface area is 166 Å². The number of nitrogens with one attached hydrogen (secondary N) is 1. The van der Waals surface area contributed by atoms with E-state index in [-0.39, 0.29) is 17.5 Å². The van der Waals surface area contributed by atoms with Crippen LogP contribution in [0.3, 0.4) is 0 Å². The first-order valence-electron chi connectivity index (χ1n) is 8.74. The summed E-state index contributed by atoms with van der Waals surface area (Å²) < 4.78 is 7.45. The molecule has 1 N–H and O–H groups in total. The molecule has 1 amide bonds. The Balaban J connectivity index is 1.63. The number of nitrogens with zero attached hydrogens (tertiary/aromatic N) is 1. The third-order valence-corrected chi connectivity index (χ3v) is 8.55. The highest BCUT2D eigenvalue weighted by Crippen LogP contribution is 2.40. The molecule has 4 heterocycles. The van der Waals surface area contributed by atoms with E-state index in [0.29, 0.717) is 5.92 Å². The predicted octanol–water partition coefficient (Wildman–Crippen LogP) is 4.12. The van der Waals surface area contributed by atoms with Crippen LogP contribution in [0.25, 0.3) is 10.1 Å². The van der Waals surface area contributed by atoms with Gasteiger partial charge in [-0.2, -0.15) is 0 Å². The van der Waals surface area contributed by atoms with Crippen molar-refractivity contribution < 1.29 is 9.53 Å². The van der Waals surface area contributed by atoms with Crippen molar-refractivity contribution in [3.8, 4) is 5.75 Å². The van der Waals surface area contributed by atoms with Gasteiger partial charge in [0.25, 0.3) is 5.91 Å². The Morgan fingerprint density at radius 1 is 1.36 bits per heavy atom. The largest absolute Gasteiger partial charge is 0.497 e. The number of methoxy groups -OCH3 is 1. The van der Waals surface area contributed by atoms with Crippen LogP contribution in [0.4, 0.5) is 0 Å². The number of halogens is 1. The van der Waals surface area contributed by atoms with Crippen LogP contribution in [0.15, 0.2) is 18.2 Å². The topological polar surface area (TPSA) is 41.6 Å². The summed E-state index contributed by atoms with van der Waals surface area (Å²) in [5.41, 5.74) is 0.0299. The standard InChI is InChI=1S/C19H23IN2O2S/c1-19(2)17(11-6-8-22(19)9-7-11)21-18(23)16-15(20)13-5-4-12(24-3)10-14(13)25-16/h4-5,10-11,17H,6-9H2,1-3H3,(H,21,23). The lowest BCUT2D eigenvalue weighted by atomic mass is 9.72. The summed E-state index contributed by atoms with van der Waals surface area (Å²) in [6.07, 6.45) is 2.38. The van der Waals surface area contributed by atoms with E-state index >= 15 is 0 Å². The minimum Gasteiger partial charge on any atom is -0.497 e. The maximum Gasteiger partial charge on any atom is 0.262 e. The number of amides is 1. The molecule has 1 aromatic heterocycles. The Hall–Kier alpha value is -0.860. The van der Waals surface area contributed by atoms with Gasteiger partial charge in [-0.3, -0.25) is 9.69 Å². The van der Waals surface area contributed by atoms with Crippen LogP contribution in [-0.2, 0) is 0 Å². The summed E-state index contributed by atoms with van der Waals surface area (Å²) in [7, 11) is 1.67. The predicted molar refractivity (Wildman–Crippen MR) is 111 cm³/mol. The summed E-state index contributed by atoms with van der Waals surface area (Å²) in [6, 6.07) is 6.23. The van der Waals surface area contributed by atoms with Gasteiger partial charge in [0.2, 0.25) is 0 Å². The lowest BCUT2D eigenvalue weighted by molar-refractivity contribution is -0.0377. The fraction of sp³-hybridized carbons (Fsp3) is 0.526. The molecule has 1 aromatic carbocycles. The zero-order chi connectivity index (χ0) is 17.8. The van der Waals surface area contributed by atoms with Gasteiger partial charge >= 0.3 is 0 Å². The fourth-order valence-corrected chi connectivity index (χ4v) is 6.66. The van der Waals surface area contributed by atoms with Crippen molar-refractivity contribution in [1.29, 1.82) is 0 Å². The van der Waals surface area contributed by atoms with Crippen LogP contribution < -0.4 is 10.1 Å². The highest BCUT2D eigenvalue weighted by molar-refractivity contribution is 14.1. The number of hydrogen-bond donors (Lipinski definition) is 1. The average molecular weight is 470 g/mol. The van der Waals surface area contributed by atoms with Crippen LogP contribution in [-0.4, -0.2) is 42.6 Å². The minimum absolute atomic E-state index is 0.0299. The number of carbonyl (C=O) groups is 1. The fourth-order valence-electron chi connectivity index (χ4n) is 4.40. The molecule has 0 radical (unpaired) electrons. The van der Waals surface area contributed by atoms with Gasteiger partial charge in [0, 0.05) is 25.2 Å². The second-order valence-corrected chi connectivity index (χ2v) is 9.67. The Kier molecular flexibility index (Phi) is 4.48. The molecule has 3 saturated heterocycles. The zero-order valence-corrected chi connectivity index (χ0v) is 17.7. The smallest absolute Gasteiger partial charge is 0.262 e. The molecule has 3 fully saturated rings. The van der Waals surface area contributed by atoms with Crippen molar-refractivity contribution in [3.05, 3.63) is 26.6 Å². The molecule has 1 atom stereocenters. The van der Waals surface area contributed by atoms with Crippen molar-refractivity contribution in [2.75, 3.05) is 20.2 Å². The van der Waals surface area contributed by atoms with Crippen molar-refractivity contribution in [2.45, 2.75) is 38.3 Å². The Bertz CT molecular complexity index is 824. The van der Waals surface area contributed by atoms with Gasteiger partial charge in [-0.05, 0) is 86.5 Å². The molecule has 0 saturated carbocycles. The molecule has 1 unspecified atom stereocenters. The lowest BCUT2D eigenvalue weighted by Crippen LogP contribution is -2.69. The first-order valence-corrected chi connectivity index (χ1v) is 10.6. The molecule has 3 aliphatic heterocycles. The number of ether oxygens (including phenoxy) is 1. The second kappa shape index (κ2) is 6.39. The number of rotatable bonds is 3. The van der Waals surface area contributed by atoms with Crippen LogP contribution in [0.5, 0.6) is 5.75 Å². The molecule has 0 spiro atoms. The minimum atomic E-state index is 0.0299. The summed E-state index contributed by atoms with van der Waals surface area (Å²) in [4.78, 5) is 16.4. The lowest BCUT2D eigenvalue weighted by Gasteiger charge is -2.56. The number of fused-ring (bicyclic) bond motifs is 4. The maximum absolute atomic E-state index is 13.1. The monoisotopic (exact) mass is 470 g/mol. The molecule has 2 aromatic rings. The summed E-state index contributed by atoms with van der Waals surface area (Å²) in [6.45, 7) is 6.85. The first kappa shape index (κ1) is 17.5. The Morgan fingerprint density at radius 2 is 2.08 bits per heavy atom. The number of carbonyl (C=O) groups excluding carboxylic acids is 1. The van der Waals surface area contributed by atoms with Gasteiger partial charge in [-0.15, -0.1) is 11.3 Å². The number of hydrogen-bond acceptors (Lipinski definition) is 4. The molecule has 2 bridgehead atoms. The summed E-state index contributed by atoms with van der Waals surface area (Å²) in [5, 5.41) is 4.51. The van der Waals surface area contributed by atoms with Crippen molar-refractivity contribution in [1.82, 2.24) is 10.2 Å². The first-order chi connectivity index (χ1) is 11.9. The molecular weight excluding hydrogens is 447 g/mol. The van der Waals surface area contributed by atoms with Gasteiger partial charge in [-0.1, -0.05) is 0 Å². The van der Waals surface area contributed by atoms with Crippen LogP contribution in [0.1, 0.15) is 36.4 Å². The number of benzene rings is 1. The van der Waals surface area contributed by atoms with Crippen LogP contribution in [0.2, 0.25) is 0 Å². The van der Waals surface area contributed by atoms with Gasteiger partial charge in [0.1, 0.15) is 10.6 Å². The van der Waals surface area contributed by atoms with Crippen molar-refractivity contribution in [3.63, 3.8) is 0 Å². The van der Waals surface area contributed by atoms with Crippen LogP contribution in [0, 0.1) is 9.49 Å². The second-order valence-electron chi connectivity index (χ2n) is 7.54. The summed E-state index contributed by atoms with van der Waals surface area (Å²) >= 11 is 3.85. The number of thiophene rings is 1. The van der Waals surface area contributed by atoms with Gasteiger partial charge < -0.3 is 10.1 Å². The van der Waals surface area contributed by atoms with Crippen LogP contribution >= 0.6 is 33.9 Å². The molecule has 6 heteroatoms. The van der Waals surface area contributed by atoms with Gasteiger partial charge in [0.05, 0.1) is 7.11 Å². The highest BCUT2D eigenvalue weighted by atomic mass is 127. The van der Waals surface area contributed by atoms with E-state index in [0.717, 1.165) is 37.4 Å². The van der Waals surface area contributed by atoms with E-state index in [1.165, 1.54) is 12.8 Å². The van der Waals surface area contributed by atoms with E-state index in [2.05, 4.69) is 46.7 Å². The molecular formula is C19H23IN2O2S. The van der Waals surface area contributed by atoms with E-state index in [9.17, 15) is 4.79 Å². The molecule has 4 nitrogen and oxygen atoms in total. The highest BCUT2D eigenvalue weighted by Gasteiger charge is 2.48. The van der Waals surface area contributed by atoms with Crippen molar-refractivity contribution in [2.24, 2.45) is 5.92 Å². The van der Waals surface area contributed by atoms with Crippen molar-refractivity contribution >= 4 is 49.9 Å². The quantitative estimate of drug-likeness (QED) is 0.687. The third kappa shape index (κ3) is 2.86. The van der Waals surface area contributed by atoms with Gasteiger partial charge in [-0.25, -0.2) is 0 Å². The molecule has 5 rings (SSSR count). The average Bonchev–Trinajstić information content (AvgIpc) is 2.94. The normalized spacial score (nSPS) is 27.4. The molecule has 3 aliphatic rings. The Morgan fingerprint density at radius 3 is 2.72 bits per heavy atom. The van der Waals surface area contributed by atoms with E-state index in [4.69, 9.17) is 4.74 Å². The maximum atomic E-state index is 13.1. The molecule has 0 aliphatic carbocycles. The van der Waals surface area contributed by atoms with E-state index < -0.39 is 0 Å². The van der Waals surface area contributed by atoms with Gasteiger partial charge in [0.15, 0.2) is 0 Å². The summed E-state index contributed by atoms with van der Waals surface area (Å²) in [5.74, 6) is 1.49. The molecule has 25 heavy (non-hydrogen) atoms.